The summed E-state index contributed by atoms with van der Waals surface area (Å²) in [6, 6.07) is 6.82. The number of benzene rings is 1. The first-order valence-corrected chi connectivity index (χ1v) is 9.72. The molecule has 0 atom stereocenters. The van der Waals surface area contributed by atoms with Crippen molar-refractivity contribution in [3.8, 4) is 0 Å². The third-order valence-corrected chi connectivity index (χ3v) is 5.50. The van der Waals surface area contributed by atoms with E-state index in [1.54, 1.807) is 24.3 Å². The van der Waals surface area contributed by atoms with Gasteiger partial charge in [-0.1, -0.05) is 45.5 Å². The van der Waals surface area contributed by atoms with E-state index < -0.39 is 0 Å². The van der Waals surface area contributed by atoms with Crippen molar-refractivity contribution < 1.29 is 9.59 Å². The largest absolute Gasteiger partial charge is 0.326 e. The topological polar surface area (TPSA) is 84.0 Å². The van der Waals surface area contributed by atoms with Gasteiger partial charge in [0.15, 0.2) is 0 Å². The molecule has 2 rings (SSSR count). The molecule has 2 aromatic rings. The Labute approximate surface area is 158 Å². The fourth-order valence-corrected chi connectivity index (χ4v) is 3.04. The second-order valence-corrected chi connectivity index (χ2v) is 7.81. The van der Waals surface area contributed by atoms with Crippen molar-refractivity contribution in [1.29, 1.82) is 0 Å². The summed E-state index contributed by atoms with van der Waals surface area (Å²) in [5, 5.41) is 15.2. The van der Waals surface area contributed by atoms with Crippen molar-refractivity contribution in [1.82, 2.24) is 10.2 Å². The molecule has 0 fully saturated rings. The van der Waals surface area contributed by atoms with E-state index in [0.717, 1.165) is 24.3 Å². The average Bonchev–Trinajstić information content (AvgIpc) is 3.10. The lowest BCUT2D eigenvalue weighted by Crippen LogP contribution is -2.14. The Kier molecular flexibility index (Phi) is 6.85. The summed E-state index contributed by atoms with van der Waals surface area (Å²) in [4.78, 5) is 24.1. The Hall–Kier alpha value is -2.28. The lowest BCUT2D eigenvalue weighted by Gasteiger charge is -2.17. The molecule has 0 bridgehead atoms. The van der Waals surface area contributed by atoms with Crippen molar-refractivity contribution in [3.63, 3.8) is 0 Å². The number of rotatable bonds is 8. The number of aromatic nitrogens is 2. The standard InChI is InChI=1S/C19H26N4O2S/c1-5-7-8-15(24)20-14-11-9-13(10-12-14)16(25)21-18-23-22-17(26-18)19(3,4)6-2/h9-12H,5-8H2,1-4H3,(H,20,24)(H,21,23,25). The number of nitrogens with one attached hydrogen (secondary N) is 2. The molecule has 1 heterocycles. The summed E-state index contributed by atoms with van der Waals surface area (Å²) in [6.07, 6.45) is 3.30. The molecule has 0 saturated heterocycles. The Morgan fingerprint density at radius 1 is 1.08 bits per heavy atom. The predicted octanol–water partition coefficient (Wildman–Crippen LogP) is 4.61. The van der Waals surface area contributed by atoms with E-state index in [1.807, 2.05) is 6.92 Å². The van der Waals surface area contributed by atoms with E-state index in [4.69, 9.17) is 0 Å². The first-order valence-electron chi connectivity index (χ1n) is 8.91. The van der Waals surface area contributed by atoms with Crippen LogP contribution in [0.1, 0.15) is 68.7 Å². The first kappa shape index (κ1) is 20.0. The van der Waals surface area contributed by atoms with Gasteiger partial charge in [-0.25, -0.2) is 0 Å². The molecular formula is C19H26N4O2S. The highest BCUT2D eigenvalue weighted by molar-refractivity contribution is 7.15. The zero-order valence-electron chi connectivity index (χ0n) is 15.8. The highest BCUT2D eigenvalue weighted by atomic mass is 32.1. The van der Waals surface area contributed by atoms with Gasteiger partial charge in [-0.3, -0.25) is 14.9 Å². The number of carbonyl (C=O) groups excluding carboxylic acids is 2. The molecule has 140 valence electrons. The van der Waals surface area contributed by atoms with Crippen LogP contribution in [0.2, 0.25) is 0 Å². The van der Waals surface area contributed by atoms with Crippen LogP contribution >= 0.6 is 11.3 Å². The number of hydrogen-bond acceptors (Lipinski definition) is 5. The monoisotopic (exact) mass is 374 g/mol. The van der Waals surface area contributed by atoms with Crippen LogP contribution in [-0.2, 0) is 10.2 Å². The molecule has 26 heavy (non-hydrogen) atoms. The smallest absolute Gasteiger partial charge is 0.257 e. The summed E-state index contributed by atoms with van der Waals surface area (Å²) in [5.74, 6) is -0.255. The minimum absolute atomic E-state index is 0.0102. The van der Waals surface area contributed by atoms with E-state index in [1.165, 1.54) is 11.3 Å². The predicted molar refractivity (Wildman–Crippen MR) is 106 cm³/mol. The number of amides is 2. The SMILES string of the molecule is CCCCC(=O)Nc1ccc(C(=O)Nc2nnc(C(C)(C)CC)s2)cc1. The van der Waals surface area contributed by atoms with Crippen molar-refractivity contribution in [3.05, 3.63) is 34.8 Å². The van der Waals surface area contributed by atoms with Gasteiger partial charge in [-0.15, -0.1) is 10.2 Å². The fraction of sp³-hybridized carbons (Fsp3) is 0.474. The van der Waals surface area contributed by atoms with Gasteiger partial charge in [0.1, 0.15) is 5.01 Å². The number of nitrogens with zero attached hydrogens (tertiary/aromatic N) is 2. The number of unbranched alkanes of at least 4 members (excludes halogenated alkanes) is 1. The minimum Gasteiger partial charge on any atom is -0.326 e. The van der Waals surface area contributed by atoms with E-state index >= 15 is 0 Å². The lowest BCUT2D eigenvalue weighted by molar-refractivity contribution is -0.116. The maximum Gasteiger partial charge on any atom is 0.257 e. The molecule has 0 radical (unpaired) electrons. The quantitative estimate of drug-likeness (QED) is 0.707. The lowest BCUT2D eigenvalue weighted by atomic mass is 9.91. The Bertz CT molecular complexity index is 753. The molecule has 2 N–H and O–H groups in total. The van der Waals surface area contributed by atoms with Gasteiger partial charge in [-0.05, 0) is 37.1 Å². The van der Waals surface area contributed by atoms with Crippen LogP contribution in [0.5, 0.6) is 0 Å². The van der Waals surface area contributed by atoms with Crippen molar-refractivity contribution >= 4 is 34.0 Å². The number of hydrogen-bond donors (Lipinski definition) is 2. The van der Waals surface area contributed by atoms with Gasteiger partial charge in [0.2, 0.25) is 11.0 Å². The first-order chi connectivity index (χ1) is 12.4. The Morgan fingerprint density at radius 3 is 2.38 bits per heavy atom. The highest BCUT2D eigenvalue weighted by Gasteiger charge is 2.23. The third kappa shape index (κ3) is 5.36. The summed E-state index contributed by atoms with van der Waals surface area (Å²) in [7, 11) is 0. The maximum atomic E-state index is 12.4. The van der Waals surface area contributed by atoms with Gasteiger partial charge in [0, 0.05) is 23.1 Å². The molecule has 0 saturated carbocycles. The van der Waals surface area contributed by atoms with Gasteiger partial charge in [0.05, 0.1) is 0 Å². The average molecular weight is 375 g/mol. The molecule has 1 aromatic heterocycles. The number of anilines is 2. The Morgan fingerprint density at radius 2 is 1.77 bits per heavy atom. The second kappa shape index (κ2) is 8.89. The summed E-state index contributed by atoms with van der Waals surface area (Å²) < 4.78 is 0. The normalized spacial score (nSPS) is 11.2. The van der Waals surface area contributed by atoms with Crippen molar-refractivity contribution in [2.75, 3.05) is 10.6 Å². The van der Waals surface area contributed by atoms with Crippen LogP contribution in [0, 0.1) is 0 Å². The molecule has 0 aliphatic rings. The maximum absolute atomic E-state index is 12.4. The molecule has 6 nitrogen and oxygen atoms in total. The summed E-state index contributed by atoms with van der Waals surface area (Å²) in [5.41, 5.74) is 1.13. The van der Waals surface area contributed by atoms with Crippen molar-refractivity contribution in [2.24, 2.45) is 0 Å². The van der Waals surface area contributed by atoms with Crippen LogP contribution in [0.25, 0.3) is 0 Å². The van der Waals surface area contributed by atoms with E-state index in [-0.39, 0.29) is 17.2 Å². The second-order valence-electron chi connectivity index (χ2n) is 6.83. The van der Waals surface area contributed by atoms with Crippen LogP contribution in [0.3, 0.4) is 0 Å². The van der Waals surface area contributed by atoms with Gasteiger partial charge < -0.3 is 5.32 Å². The Balaban J connectivity index is 1.97. The molecule has 0 unspecified atom stereocenters. The zero-order chi connectivity index (χ0) is 19.2. The molecule has 0 spiro atoms. The van der Waals surface area contributed by atoms with Gasteiger partial charge in [0.25, 0.3) is 5.91 Å². The van der Waals surface area contributed by atoms with E-state index in [2.05, 4.69) is 41.6 Å². The summed E-state index contributed by atoms with van der Waals surface area (Å²) in [6.45, 7) is 8.35. The minimum atomic E-state index is -0.245. The molecule has 1 aromatic carbocycles. The van der Waals surface area contributed by atoms with E-state index in [9.17, 15) is 9.59 Å². The van der Waals surface area contributed by atoms with Gasteiger partial charge >= 0.3 is 0 Å². The zero-order valence-corrected chi connectivity index (χ0v) is 16.6. The number of carbonyl (C=O) groups is 2. The molecular weight excluding hydrogens is 348 g/mol. The highest BCUT2D eigenvalue weighted by Crippen LogP contribution is 2.31. The van der Waals surface area contributed by atoms with E-state index in [0.29, 0.717) is 22.8 Å². The van der Waals surface area contributed by atoms with Gasteiger partial charge in [-0.2, -0.15) is 0 Å². The van der Waals surface area contributed by atoms with Crippen LogP contribution in [-0.4, -0.2) is 22.0 Å². The molecule has 0 aliphatic carbocycles. The fourth-order valence-electron chi connectivity index (χ4n) is 2.13. The molecule has 7 heteroatoms. The van der Waals surface area contributed by atoms with Crippen LogP contribution in [0.15, 0.2) is 24.3 Å². The van der Waals surface area contributed by atoms with Crippen LogP contribution < -0.4 is 10.6 Å². The third-order valence-electron chi connectivity index (χ3n) is 4.30. The molecule has 0 aliphatic heterocycles. The van der Waals surface area contributed by atoms with Crippen molar-refractivity contribution in [2.45, 2.75) is 58.8 Å². The molecule has 2 amide bonds. The summed E-state index contributed by atoms with van der Waals surface area (Å²) >= 11 is 1.40. The van der Waals surface area contributed by atoms with Crippen LogP contribution in [0.4, 0.5) is 10.8 Å².